The van der Waals surface area contributed by atoms with Gasteiger partial charge in [0.15, 0.2) is 0 Å². The highest BCUT2D eigenvalue weighted by Crippen LogP contribution is 2.08. The molecule has 0 spiro atoms. The van der Waals surface area contributed by atoms with Crippen LogP contribution in [0.25, 0.3) is 0 Å². The molecule has 0 aromatic heterocycles. The maximum absolute atomic E-state index is 12.8. The summed E-state index contributed by atoms with van der Waals surface area (Å²) in [6, 6.07) is -4.37. The van der Waals surface area contributed by atoms with Crippen molar-refractivity contribution in [1.82, 2.24) is 16.0 Å². The van der Waals surface area contributed by atoms with Crippen LogP contribution in [0.3, 0.4) is 0 Å². The van der Waals surface area contributed by atoms with Crippen LogP contribution in [-0.4, -0.2) is 77.0 Å². The first kappa shape index (κ1) is 28.1. The number of thiol groups is 1. The highest BCUT2D eigenvalue weighted by molar-refractivity contribution is 7.80. The van der Waals surface area contributed by atoms with Gasteiger partial charge in [0.2, 0.25) is 17.7 Å². The molecule has 12 heteroatoms. The Morgan fingerprint density at radius 2 is 1.47 bits per heavy atom. The van der Waals surface area contributed by atoms with Gasteiger partial charge in [0.25, 0.3) is 0 Å². The van der Waals surface area contributed by atoms with E-state index in [0.29, 0.717) is 19.4 Å². The fraction of sp³-hybridized carbons (Fsp3) is 0.778. The Labute approximate surface area is 182 Å². The molecule has 0 radical (unpaired) electrons. The van der Waals surface area contributed by atoms with Gasteiger partial charge in [-0.15, -0.1) is 0 Å². The van der Waals surface area contributed by atoms with E-state index in [1.807, 2.05) is 13.8 Å². The van der Waals surface area contributed by atoms with Crippen LogP contribution in [0.5, 0.6) is 0 Å². The van der Waals surface area contributed by atoms with E-state index in [2.05, 4.69) is 28.6 Å². The Hall–Kier alpha value is -1.89. The standard InChI is InChI=1S/C18H35N5O6S/c1-10(2)7-13(17(27)23-14(9-30)18(28)29)22-16(26)12(5-3-4-6-19)21-15(25)11(20)8-24/h10-14,24,30H,3-9,19-20H2,1-2H3,(H,21,25)(H,22,26)(H,23,27)(H,28,29). The van der Waals surface area contributed by atoms with Gasteiger partial charge in [-0.3, -0.25) is 14.4 Å². The molecule has 30 heavy (non-hydrogen) atoms. The summed E-state index contributed by atoms with van der Waals surface area (Å²) in [6.07, 6.45) is 1.70. The number of nitrogens with two attached hydrogens (primary N) is 2. The molecule has 0 aliphatic heterocycles. The van der Waals surface area contributed by atoms with Crippen molar-refractivity contribution in [3.8, 4) is 0 Å². The second-order valence-corrected chi connectivity index (χ2v) is 7.77. The summed E-state index contributed by atoms with van der Waals surface area (Å²) in [7, 11) is 0. The number of hydrogen-bond donors (Lipinski definition) is 8. The van der Waals surface area contributed by atoms with Crippen LogP contribution in [0.15, 0.2) is 0 Å². The molecule has 0 saturated carbocycles. The molecular weight excluding hydrogens is 414 g/mol. The molecule has 0 aromatic carbocycles. The van der Waals surface area contributed by atoms with Crippen molar-refractivity contribution in [2.75, 3.05) is 18.9 Å². The lowest BCUT2D eigenvalue weighted by Crippen LogP contribution is -2.57. The maximum atomic E-state index is 12.8. The van der Waals surface area contributed by atoms with Crippen LogP contribution in [-0.2, 0) is 19.2 Å². The van der Waals surface area contributed by atoms with Crippen LogP contribution in [0.4, 0.5) is 0 Å². The zero-order valence-corrected chi connectivity index (χ0v) is 18.4. The Bertz CT molecular complexity index is 577. The van der Waals surface area contributed by atoms with E-state index in [4.69, 9.17) is 21.7 Å². The third-order valence-electron chi connectivity index (χ3n) is 4.25. The van der Waals surface area contributed by atoms with Gasteiger partial charge in [-0.25, -0.2) is 4.79 Å². The number of rotatable bonds is 15. The number of aliphatic hydroxyl groups is 1. The van der Waals surface area contributed by atoms with E-state index >= 15 is 0 Å². The average molecular weight is 450 g/mol. The Balaban J connectivity index is 5.34. The molecule has 0 rings (SSSR count). The molecule has 174 valence electrons. The Morgan fingerprint density at radius 1 is 0.933 bits per heavy atom. The third-order valence-corrected chi connectivity index (χ3v) is 4.62. The molecule has 3 amide bonds. The van der Waals surface area contributed by atoms with Gasteiger partial charge < -0.3 is 37.6 Å². The van der Waals surface area contributed by atoms with Gasteiger partial charge in [0, 0.05) is 5.75 Å². The number of hydrogen-bond acceptors (Lipinski definition) is 8. The molecule has 0 saturated heterocycles. The summed E-state index contributed by atoms with van der Waals surface area (Å²) in [6.45, 7) is 3.53. The molecule has 4 atom stereocenters. The Morgan fingerprint density at radius 3 is 1.93 bits per heavy atom. The highest BCUT2D eigenvalue weighted by atomic mass is 32.1. The van der Waals surface area contributed by atoms with Crippen molar-refractivity contribution >= 4 is 36.3 Å². The predicted octanol–water partition coefficient (Wildman–Crippen LogP) is -2.05. The molecule has 0 fully saturated rings. The van der Waals surface area contributed by atoms with Gasteiger partial charge >= 0.3 is 5.97 Å². The summed E-state index contributed by atoms with van der Waals surface area (Å²) >= 11 is 3.91. The first-order chi connectivity index (χ1) is 14.1. The summed E-state index contributed by atoms with van der Waals surface area (Å²) < 4.78 is 0. The zero-order valence-electron chi connectivity index (χ0n) is 17.5. The molecule has 0 heterocycles. The fourth-order valence-corrected chi connectivity index (χ4v) is 2.80. The van der Waals surface area contributed by atoms with Gasteiger partial charge in [0.05, 0.1) is 6.61 Å². The number of carboxylic acids is 1. The molecule has 0 aliphatic carbocycles. The molecule has 4 unspecified atom stereocenters. The molecule has 9 N–H and O–H groups in total. The van der Waals surface area contributed by atoms with Gasteiger partial charge in [0.1, 0.15) is 24.2 Å². The lowest BCUT2D eigenvalue weighted by atomic mass is 10.0. The largest absolute Gasteiger partial charge is 0.480 e. The van der Waals surface area contributed by atoms with E-state index in [1.54, 1.807) is 0 Å². The molecule has 0 aromatic rings. The number of unbranched alkanes of at least 4 members (excludes halogenated alkanes) is 1. The number of carbonyl (C=O) groups is 4. The summed E-state index contributed by atoms with van der Waals surface area (Å²) in [5.74, 6) is -3.29. The number of amides is 3. The van der Waals surface area contributed by atoms with E-state index in [-0.39, 0.29) is 24.5 Å². The van der Waals surface area contributed by atoms with Gasteiger partial charge in [-0.05, 0) is 38.1 Å². The van der Waals surface area contributed by atoms with Crippen molar-refractivity contribution < 1.29 is 29.4 Å². The second kappa shape index (κ2) is 15.0. The van der Waals surface area contributed by atoms with Crippen molar-refractivity contribution in [3.05, 3.63) is 0 Å². The SMILES string of the molecule is CC(C)CC(NC(=O)C(CCCCN)NC(=O)C(N)CO)C(=O)NC(CS)C(=O)O. The quantitative estimate of drug-likeness (QED) is 0.103. The van der Waals surface area contributed by atoms with Crippen LogP contribution in [0.1, 0.15) is 39.5 Å². The van der Waals surface area contributed by atoms with Crippen LogP contribution < -0.4 is 27.4 Å². The van der Waals surface area contributed by atoms with Gasteiger partial charge in [-0.1, -0.05) is 13.8 Å². The van der Waals surface area contributed by atoms with Gasteiger partial charge in [-0.2, -0.15) is 12.6 Å². The number of aliphatic carboxylic acids is 1. The number of nitrogens with one attached hydrogen (secondary N) is 3. The van der Waals surface area contributed by atoms with E-state index in [1.165, 1.54) is 0 Å². The normalized spacial score (nSPS) is 15.0. The lowest BCUT2D eigenvalue weighted by molar-refractivity contribution is -0.141. The zero-order chi connectivity index (χ0) is 23.3. The number of carboxylic acid groups (broad SMARTS) is 1. The monoisotopic (exact) mass is 449 g/mol. The molecule has 11 nitrogen and oxygen atoms in total. The molecule has 0 bridgehead atoms. The minimum Gasteiger partial charge on any atom is -0.480 e. The van der Waals surface area contributed by atoms with E-state index < -0.39 is 54.5 Å². The predicted molar refractivity (Wildman–Crippen MR) is 115 cm³/mol. The summed E-state index contributed by atoms with van der Waals surface area (Å²) in [5.41, 5.74) is 11.0. The van der Waals surface area contributed by atoms with Crippen molar-refractivity contribution in [2.24, 2.45) is 17.4 Å². The minimum absolute atomic E-state index is 0.0217. The lowest BCUT2D eigenvalue weighted by Gasteiger charge is -2.25. The smallest absolute Gasteiger partial charge is 0.327 e. The van der Waals surface area contributed by atoms with E-state index in [9.17, 15) is 19.2 Å². The minimum atomic E-state index is -1.24. The number of carbonyl (C=O) groups excluding carboxylic acids is 3. The first-order valence-corrected chi connectivity index (χ1v) is 10.5. The third kappa shape index (κ3) is 10.8. The maximum Gasteiger partial charge on any atom is 0.327 e. The van der Waals surface area contributed by atoms with Crippen molar-refractivity contribution in [3.63, 3.8) is 0 Å². The van der Waals surface area contributed by atoms with Crippen molar-refractivity contribution in [2.45, 2.75) is 63.7 Å². The second-order valence-electron chi connectivity index (χ2n) is 7.41. The van der Waals surface area contributed by atoms with E-state index in [0.717, 1.165) is 0 Å². The van der Waals surface area contributed by atoms with Crippen molar-refractivity contribution in [1.29, 1.82) is 0 Å². The van der Waals surface area contributed by atoms with Crippen LogP contribution in [0.2, 0.25) is 0 Å². The fourth-order valence-electron chi connectivity index (χ4n) is 2.56. The Kier molecular flexibility index (Phi) is 14.0. The summed E-state index contributed by atoms with van der Waals surface area (Å²) in [4.78, 5) is 48.6. The topological polar surface area (TPSA) is 197 Å². The number of aliphatic hydroxyl groups excluding tert-OH is 1. The summed E-state index contributed by atoms with van der Waals surface area (Å²) in [5, 5.41) is 25.6. The molecular formula is C18H35N5O6S. The molecule has 0 aliphatic rings. The van der Waals surface area contributed by atoms with Crippen LogP contribution in [0, 0.1) is 5.92 Å². The highest BCUT2D eigenvalue weighted by Gasteiger charge is 2.30. The average Bonchev–Trinajstić information content (AvgIpc) is 2.69. The first-order valence-electron chi connectivity index (χ1n) is 9.88. The van der Waals surface area contributed by atoms with Crippen LogP contribution >= 0.6 is 12.6 Å².